The van der Waals surface area contributed by atoms with E-state index in [1.807, 2.05) is 12.1 Å². The second-order valence-corrected chi connectivity index (χ2v) is 6.13. The minimum Gasteiger partial charge on any atom is -0.349 e. The molecule has 3 heteroatoms. The van der Waals surface area contributed by atoms with E-state index in [4.69, 9.17) is 0 Å². The molecule has 0 saturated heterocycles. The maximum absolute atomic E-state index is 12.6. The molecule has 1 fully saturated rings. The second kappa shape index (κ2) is 5.96. The van der Waals surface area contributed by atoms with Gasteiger partial charge in [0.2, 0.25) is 0 Å². The minimum absolute atomic E-state index is 0.122. The normalized spacial score (nSPS) is 19.2. The summed E-state index contributed by atoms with van der Waals surface area (Å²) in [5.74, 6) is 0.977. The van der Waals surface area contributed by atoms with E-state index in [0.29, 0.717) is 6.04 Å². The number of hydrogen-bond acceptors (Lipinski definition) is 2. The Bertz CT molecular complexity index is 494. The van der Waals surface area contributed by atoms with Crippen LogP contribution in [-0.4, -0.2) is 18.5 Å². The molecule has 2 N–H and O–H groups in total. The van der Waals surface area contributed by atoms with Crippen LogP contribution in [0.1, 0.15) is 54.1 Å². The molecule has 0 radical (unpaired) electrons. The van der Waals surface area contributed by atoms with Gasteiger partial charge in [-0.25, -0.2) is 0 Å². The van der Waals surface area contributed by atoms with E-state index in [-0.39, 0.29) is 5.91 Å². The highest BCUT2D eigenvalue weighted by atomic mass is 16.1. The van der Waals surface area contributed by atoms with Gasteiger partial charge in [-0.2, -0.15) is 0 Å². The summed E-state index contributed by atoms with van der Waals surface area (Å²) in [5.41, 5.74) is 3.41. The predicted octanol–water partition coefficient (Wildman–Crippen LogP) is 2.64. The van der Waals surface area contributed by atoms with E-state index in [2.05, 4.69) is 23.6 Å². The molecule has 1 aromatic rings. The molecular weight excluding hydrogens is 248 g/mol. The van der Waals surface area contributed by atoms with Gasteiger partial charge in [0.05, 0.1) is 0 Å². The number of fused-ring (bicyclic) bond motifs is 1. The molecule has 1 unspecified atom stereocenters. The van der Waals surface area contributed by atoms with E-state index in [9.17, 15) is 4.79 Å². The van der Waals surface area contributed by atoms with Crippen molar-refractivity contribution in [3.05, 3.63) is 34.9 Å². The van der Waals surface area contributed by atoms with Gasteiger partial charge in [-0.1, -0.05) is 31.9 Å². The molecule has 3 rings (SSSR count). The fraction of sp³-hybridized carbons (Fsp3) is 0.588. The first-order chi connectivity index (χ1) is 9.78. The predicted molar refractivity (Wildman–Crippen MR) is 80.7 cm³/mol. The van der Waals surface area contributed by atoms with Crippen LogP contribution in [0.5, 0.6) is 0 Å². The van der Waals surface area contributed by atoms with Crippen LogP contribution in [0.25, 0.3) is 0 Å². The average Bonchev–Trinajstić information content (AvgIpc) is 3.29. The van der Waals surface area contributed by atoms with Crippen molar-refractivity contribution in [3.8, 4) is 0 Å². The lowest BCUT2D eigenvalue weighted by atomic mass is 9.94. The standard InChI is InChI=1S/C17H24N2O/c1-2-14(10-12-6-7-12)19-17(20)16-5-3-4-13-11-18-9-8-15(13)16/h3-5,12,14,18H,2,6-11H2,1H3,(H,19,20). The summed E-state index contributed by atoms with van der Waals surface area (Å²) < 4.78 is 0. The molecule has 1 atom stereocenters. The molecule has 1 aliphatic heterocycles. The fourth-order valence-corrected chi connectivity index (χ4v) is 3.09. The summed E-state index contributed by atoms with van der Waals surface area (Å²) in [5, 5.41) is 6.61. The van der Waals surface area contributed by atoms with Gasteiger partial charge in [0.25, 0.3) is 5.91 Å². The molecule has 108 valence electrons. The molecule has 2 aliphatic rings. The lowest BCUT2D eigenvalue weighted by Crippen LogP contribution is -2.36. The summed E-state index contributed by atoms with van der Waals surface area (Å²) in [7, 11) is 0. The van der Waals surface area contributed by atoms with Crippen molar-refractivity contribution in [1.82, 2.24) is 10.6 Å². The van der Waals surface area contributed by atoms with Crippen molar-refractivity contribution in [3.63, 3.8) is 0 Å². The van der Waals surface area contributed by atoms with E-state index < -0.39 is 0 Å². The van der Waals surface area contributed by atoms with Crippen molar-refractivity contribution >= 4 is 5.91 Å². The van der Waals surface area contributed by atoms with Gasteiger partial charge in [-0.05, 0) is 48.9 Å². The summed E-state index contributed by atoms with van der Waals surface area (Å²) >= 11 is 0. The van der Waals surface area contributed by atoms with E-state index in [1.165, 1.54) is 24.0 Å². The Morgan fingerprint density at radius 3 is 3.05 bits per heavy atom. The largest absolute Gasteiger partial charge is 0.349 e. The van der Waals surface area contributed by atoms with Crippen LogP contribution in [0.2, 0.25) is 0 Å². The molecule has 1 amide bonds. The monoisotopic (exact) mass is 272 g/mol. The zero-order valence-electron chi connectivity index (χ0n) is 12.2. The Morgan fingerprint density at radius 2 is 2.30 bits per heavy atom. The molecule has 0 aromatic heterocycles. The van der Waals surface area contributed by atoms with Crippen molar-refractivity contribution < 1.29 is 4.79 Å². The SMILES string of the molecule is CCC(CC1CC1)NC(=O)c1cccc2c1CCNC2. The first-order valence-electron chi connectivity index (χ1n) is 7.90. The lowest BCUT2D eigenvalue weighted by molar-refractivity contribution is 0.0931. The van der Waals surface area contributed by atoms with E-state index in [1.54, 1.807) is 0 Å². The Labute approximate surface area is 121 Å². The molecule has 1 saturated carbocycles. The van der Waals surface area contributed by atoms with Gasteiger partial charge >= 0.3 is 0 Å². The molecule has 1 aliphatic carbocycles. The number of hydrogen-bond donors (Lipinski definition) is 2. The Hall–Kier alpha value is -1.35. The number of nitrogens with one attached hydrogen (secondary N) is 2. The molecule has 0 spiro atoms. The van der Waals surface area contributed by atoms with Crippen LogP contribution in [0.4, 0.5) is 0 Å². The highest BCUT2D eigenvalue weighted by molar-refractivity contribution is 5.96. The van der Waals surface area contributed by atoms with Crippen LogP contribution in [0, 0.1) is 5.92 Å². The Kier molecular flexibility index (Phi) is 4.06. The maximum Gasteiger partial charge on any atom is 0.251 e. The summed E-state index contributed by atoms with van der Waals surface area (Å²) in [6.45, 7) is 4.02. The summed E-state index contributed by atoms with van der Waals surface area (Å²) in [6, 6.07) is 6.44. The molecule has 20 heavy (non-hydrogen) atoms. The summed E-state index contributed by atoms with van der Waals surface area (Å²) in [6.07, 6.45) is 5.83. The van der Waals surface area contributed by atoms with Crippen molar-refractivity contribution in [2.24, 2.45) is 5.92 Å². The van der Waals surface area contributed by atoms with Crippen LogP contribution < -0.4 is 10.6 Å². The number of rotatable bonds is 5. The number of carbonyl (C=O) groups excluding carboxylic acids is 1. The average molecular weight is 272 g/mol. The Balaban J connectivity index is 1.72. The van der Waals surface area contributed by atoms with Crippen LogP contribution in [0.3, 0.4) is 0 Å². The first-order valence-corrected chi connectivity index (χ1v) is 7.90. The van der Waals surface area contributed by atoms with Gasteiger partial charge < -0.3 is 10.6 Å². The molecule has 1 heterocycles. The molecule has 0 bridgehead atoms. The van der Waals surface area contributed by atoms with Crippen molar-refractivity contribution in [2.75, 3.05) is 6.54 Å². The Morgan fingerprint density at radius 1 is 1.45 bits per heavy atom. The number of benzene rings is 1. The van der Waals surface area contributed by atoms with Crippen LogP contribution in [-0.2, 0) is 13.0 Å². The van der Waals surface area contributed by atoms with Crippen LogP contribution in [0.15, 0.2) is 18.2 Å². The number of carbonyl (C=O) groups is 1. The topological polar surface area (TPSA) is 41.1 Å². The smallest absolute Gasteiger partial charge is 0.251 e. The molecule has 1 aromatic carbocycles. The van der Waals surface area contributed by atoms with Crippen molar-refractivity contribution in [1.29, 1.82) is 0 Å². The second-order valence-electron chi connectivity index (χ2n) is 6.13. The van der Waals surface area contributed by atoms with Gasteiger partial charge in [-0.15, -0.1) is 0 Å². The van der Waals surface area contributed by atoms with E-state index in [0.717, 1.165) is 43.8 Å². The third-order valence-corrected chi connectivity index (χ3v) is 4.53. The van der Waals surface area contributed by atoms with Gasteiger partial charge in [-0.3, -0.25) is 4.79 Å². The lowest BCUT2D eigenvalue weighted by Gasteiger charge is -2.22. The van der Waals surface area contributed by atoms with Gasteiger partial charge in [0.15, 0.2) is 0 Å². The zero-order chi connectivity index (χ0) is 13.9. The van der Waals surface area contributed by atoms with Gasteiger partial charge in [0.1, 0.15) is 0 Å². The van der Waals surface area contributed by atoms with E-state index >= 15 is 0 Å². The maximum atomic E-state index is 12.6. The van der Waals surface area contributed by atoms with Crippen molar-refractivity contribution in [2.45, 2.75) is 51.6 Å². The molecular formula is C17H24N2O. The van der Waals surface area contributed by atoms with Gasteiger partial charge in [0, 0.05) is 18.2 Å². The fourth-order valence-electron chi connectivity index (χ4n) is 3.09. The quantitative estimate of drug-likeness (QED) is 0.865. The number of amides is 1. The highest BCUT2D eigenvalue weighted by Gasteiger charge is 2.26. The third kappa shape index (κ3) is 3.04. The summed E-state index contributed by atoms with van der Waals surface area (Å²) in [4.78, 5) is 12.6. The zero-order valence-corrected chi connectivity index (χ0v) is 12.2. The third-order valence-electron chi connectivity index (χ3n) is 4.53. The first kappa shape index (κ1) is 13.6. The minimum atomic E-state index is 0.122. The van der Waals surface area contributed by atoms with Crippen LogP contribution >= 0.6 is 0 Å². The highest BCUT2D eigenvalue weighted by Crippen LogP contribution is 2.34. The molecule has 3 nitrogen and oxygen atoms in total.